The minimum Gasteiger partial charge on any atom is -0.479 e. The van der Waals surface area contributed by atoms with Crippen molar-refractivity contribution in [2.45, 2.75) is 19.5 Å². The van der Waals surface area contributed by atoms with Crippen LogP contribution >= 0.6 is 0 Å². The number of fused-ring (bicyclic) bond motifs is 1. The molecule has 0 aliphatic carbocycles. The molecule has 9 nitrogen and oxygen atoms in total. The fourth-order valence-electron chi connectivity index (χ4n) is 3.56. The third-order valence-corrected chi connectivity index (χ3v) is 5.15. The van der Waals surface area contributed by atoms with Crippen molar-refractivity contribution in [1.82, 2.24) is 25.4 Å². The first-order valence-corrected chi connectivity index (χ1v) is 9.98. The number of aromatic nitrogens is 3. The van der Waals surface area contributed by atoms with E-state index in [1.165, 1.54) is 0 Å². The number of nitrogens with one attached hydrogen (secondary N) is 3. The molecule has 0 saturated carbocycles. The van der Waals surface area contributed by atoms with Crippen molar-refractivity contribution in [3.05, 3.63) is 47.7 Å². The van der Waals surface area contributed by atoms with E-state index in [0.717, 1.165) is 35.2 Å². The third kappa shape index (κ3) is 4.52. The van der Waals surface area contributed by atoms with Crippen LogP contribution in [0.1, 0.15) is 24.2 Å². The van der Waals surface area contributed by atoms with Gasteiger partial charge in [-0.1, -0.05) is 30.3 Å². The number of methoxy groups -OCH3 is 1. The minimum absolute atomic E-state index is 0.130. The lowest BCUT2D eigenvalue weighted by Gasteiger charge is -2.26. The van der Waals surface area contributed by atoms with Gasteiger partial charge < -0.3 is 14.8 Å². The molecule has 1 aliphatic rings. The number of nitrogens with zero attached hydrogens (tertiary/aromatic N) is 3. The van der Waals surface area contributed by atoms with Crippen molar-refractivity contribution in [1.29, 1.82) is 0 Å². The number of hydrogen-bond donors (Lipinski definition) is 3. The summed E-state index contributed by atoms with van der Waals surface area (Å²) in [6, 6.07) is 11.1. The summed E-state index contributed by atoms with van der Waals surface area (Å²) in [5, 5.41) is 13.8. The summed E-state index contributed by atoms with van der Waals surface area (Å²) in [6.07, 6.45) is 0. The summed E-state index contributed by atoms with van der Waals surface area (Å²) in [7, 11) is 1.58. The lowest BCUT2D eigenvalue weighted by molar-refractivity contribution is 0.0338. The van der Waals surface area contributed by atoms with Gasteiger partial charge in [0.25, 0.3) is 0 Å². The SMILES string of the molecule is COc1n[nH]c2cc(NC(=O)NC(C)c3ccccc3)nc(CN3CCOCC3)c12. The third-order valence-electron chi connectivity index (χ3n) is 5.15. The largest absolute Gasteiger partial charge is 0.479 e. The molecule has 1 aromatic carbocycles. The molecule has 30 heavy (non-hydrogen) atoms. The molecule has 4 rings (SSSR count). The van der Waals surface area contributed by atoms with Gasteiger partial charge in [-0.3, -0.25) is 15.3 Å². The van der Waals surface area contributed by atoms with Crippen molar-refractivity contribution in [3.8, 4) is 5.88 Å². The number of pyridine rings is 1. The van der Waals surface area contributed by atoms with Crippen LogP contribution < -0.4 is 15.4 Å². The number of rotatable bonds is 6. The zero-order valence-corrected chi connectivity index (χ0v) is 17.1. The zero-order chi connectivity index (χ0) is 20.9. The topological polar surface area (TPSA) is 104 Å². The Balaban J connectivity index is 1.54. The van der Waals surface area contributed by atoms with Gasteiger partial charge in [-0.25, -0.2) is 9.78 Å². The number of carbonyl (C=O) groups excluding carboxylic acids is 1. The predicted molar refractivity (Wildman–Crippen MR) is 114 cm³/mol. The van der Waals surface area contributed by atoms with Gasteiger partial charge in [0, 0.05) is 25.7 Å². The van der Waals surface area contributed by atoms with Crippen molar-refractivity contribution in [2.75, 3.05) is 38.7 Å². The predicted octanol–water partition coefficient (Wildman–Crippen LogP) is 2.68. The first-order valence-electron chi connectivity index (χ1n) is 9.98. The molecule has 9 heteroatoms. The van der Waals surface area contributed by atoms with E-state index in [0.29, 0.717) is 31.5 Å². The maximum atomic E-state index is 12.6. The van der Waals surface area contributed by atoms with Gasteiger partial charge >= 0.3 is 6.03 Å². The summed E-state index contributed by atoms with van der Waals surface area (Å²) in [4.78, 5) is 19.5. The number of benzene rings is 1. The molecule has 3 aromatic rings. The van der Waals surface area contributed by atoms with E-state index in [1.807, 2.05) is 37.3 Å². The quantitative estimate of drug-likeness (QED) is 0.577. The summed E-state index contributed by atoms with van der Waals surface area (Å²) in [6.45, 7) is 5.61. The zero-order valence-electron chi connectivity index (χ0n) is 17.1. The van der Waals surface area contributed by atoms with Crippen molar-refractivity contribution >= 4 is 22.8 Å². The molecule has 0 spiro atoms. The van der Waals surface area contributed by atoms with E-state index >= 15 is 0 Å². The number of aromatic amines is 1. The van der Waals surface area contributed by atoms with Crippen molar-refractivity contribution < 1.29 is 14.3 Å². The average molecular weight is 410 g/mol. The number of urea groups is 1. The molecule has 2 amide bonds. The van der Waals surface area contributed by atoms with Crippen LogP contribution in [-0.2, 0) is 11.3 Å². The molecule has 1 fully saturated rings. The fraction of sp³-hybridized carbons (Fsp3) is 0.381. The second-order valence-electron chi connectivity index (χ2n) is 7.23. The van der Waals surface area contributed by atoms with Crippen molar-refractivity contribution in [2.24, 2.45) is 0 Å². The molecule has 1 atom stereocenters. The lowest BCUT2D eigenvalue weighted by atomic mass is 10.1. The molecule has 0 bridgehead atoms. The molecule has 1 saturated heterocycles. The van der Waals surface area contributed by atoms with E-state index in [9.17, 15) is 4.79 Å². The lowest BCUT2D eigenvalue weighted by Crippen LogP contribution is -2.36. The van der Waals surface area contributed by atoms with E-state index in [2.05, 4.69) is 25.7 Å². The highest BCUT2D eigenvalue weighted by Crippen LogP contribution is 2.28. The molecule has 1 aliphatic heterocycles. The van der Waals surface area contributed by atoms with Gasteiger partial charge in [0.2, 0.25) is 5.88 Å². The number of H-pyrrole nitrogens is 1. The Morgan fingerprint density at radius 3 is 2.80 bits per heavy atom. The molecule has 3 heterocycles. The highest BCUT2D eigenvalue weighted by atomic mass is 16.5. The standard InChI is InChI=1S/C21H26N6O3/c1-14(15-6-4-3-5-7-15)22-21(28)24-18-12-16-19(20(29-2)26-25-16)17(23-18)13-27-8-10-30-11-9-27/h3-7,12,14H,8-11,13H2,1-2H3,(H,25,26)(H2,22,23,24,28). The van der Waals surface area contributed by atoms with Crippen LogP contribution in [0.2, 0.25) is 0 Å². The van der Waals surface area contributed by atoms with Gasteiger partial charge in [0.05, 0.1) is 43.0 Å². The van der Waals surface area contributed by atoms with Crippen LogP contribution in [0, 0.1) is 0 Å². The Morgan fingerprint density at radius 1 is 1.30 bits per heavy atom. The van der Waals surface area contributed by atoms with E-state index in [1.54, 1.807) is 13.2 Å². The summed E-state index contributed by atoms with van der Waals surface area (Å²) < 4.78 is 10.8. The molecule has 3 N–H and O–H groups in total. The average Bonchev–Trinajstić information content (AvgIpc) is 3.18. The van der Waals surface area contributed by atoms with E-state index in [-0.39, 0.29) is 12.1 Å². The first-order chi connectivity index (χ1) is 14.6. The number of hydrogen-bond acceptors (Lipinski definition) is 6. The second kappa shape index (κ2) is 9.10. The summed E-state index contributed by atoms with van der Waals surface area (Å²) in [5.41, 5.74) is 2.59. The smallest absolute Gasteiger partial charge is 0.320 e. The maximum Gasteiger partial charge on any atom is 0.320 e. The molecule has 0 radical (unpaired) electrons. The molecule has 158 valence electrons. The number of anilines is 1. The minimum atomic E-state index is -0.318. The molecule has 1 unspecified atom stereocenters. The number of amides is 2. The van der Waals surface area contributed by atoms with Gasteiger partial charge in [-0.2, -0.15) is 0 Å². The number of ether oxygens (including phenoxy) is 2. The number of morpholine rings is 1. The number of carbonyl (C=O) groups is 1. The Hall–Kier alpha value is -3.17. The van der Waals surface area contributed by atoms with Crippen LogP contribution in [0.4, 0.5) is 10.6 Å². The highest BCUT2D eigenvalue weighted by molar-refractivity contribution is 5.93. The van der Waals surface area contributed by atoms with Crippen molar-refractivity contribution in [3.63, 3.8) is 0 Å². The van der Waals surface area contributed by atoms with Crippen LogP contribution in [0.3, 0.4) is 0 Å². The summed E-state index contributed by atoms with van der Waals surface area (Å²) >= 11 is 0. The van der Waals surface area contributed by atoms with Crippen LogP contribution in [-0.4, -0.2) is 59.5 Å². The van der Waals surface area contributed by atoms with E-state index in [4.69, 9.17) is 14.5 Å². The van der Waals surface area contributed by atoms with Gasteiger partial charge in [-0.05, 0) is 12.5 Å². The normalized spacial score (nSPS) is 15.7. The van der Waals surface area contributed by atoms with Crippen LogP contribution in [0.15, 0.2) is 36.4 Å². The first kappa shape index (κ1) is 20.1. The second-order valence-corrected chi connectivity index (χ2v) is 7.23. The highest BCUT2D eigenvalue weighted by Gasteiger charge is 2.19. The fourth-order valence-corrected chi connectivity index (χ4v) is 3.56. The van der Waals surface area contributed by atoms with Crippen LogP contribution in [0.25, 0.3) is 10.9 Å². The Labute approximate surface area is 174 Å². The van der Waals surface area contributed by atoms with Gasteiger partial charge in [-0.15, -0.1) is 5.10 Å². The van der Waals surface area contributed by atoms with E-state index < -0.39 is 0 Å². The van der Waals surface area contributed by atoms with Crippen LogP contribution in [0.5, 0.6) is 5.88 Å². The maximum absolute atomic E-state index is 12.6. The monoisotopic (exact) mass is 410 g/mol. The molecular formula is C21H26N6O3. The van der Waals surface area contributed by atoms with Gasteiger partial charge in [0.1, 0.15) is 5.82 Å². The molecular weight excluding hydrogens is 384 g/mol. The van der Waals surface area contributed by atoms with Gasteiger partial charge in [0.15, 0.2) is 0 Å². The summed E-state index contributed by atoms with van der Waals surface area (Å²) in [5.74, 6) is 0.948. The Bertz CT molecular complexity index is 1000. The molecule has 2 aromatic heterocycles. The Morgan fingerprint density at radius 2 is 2.07 bits per heavy atom. The Kier molecular flexibility index (Phi) is 6.10.